The molecule has 0 saturated heterocycles. The summed E-state index contributed by atoms with van der Waals surface area (Å²) in [6.45, 7) is 1.67. The summed E-state index contributed by atoms with van der Waals surface area (Å²) in [7, 11) is 1.36. The van der Waals surface area contributed by atoms with E-state index in [0.29, 0.717) is 38.2 Å². The molecule has 1 aliphatic rings. The third-order valence-electron chi connectivity index (χ3n) is 5.26. The molecule has 0 saturated carbocycles. The van der Waals surface area contributed by atoms with Crippen molar-refractivity contribution in [3.63, 3.8) is 0 Å². The van der Waals surface area contributed by atoms with Crippen molar-refractivity contribution in [2.75, 3.05) is 12.4 Å². The average Bonchev–Trinajstić information content (AvgIpc) is 3.19. The second kappa shape index (κ2) is 8.62. The molecule has 4 rings (SSSR count). The maximum atomic E-state index is 13.2. The number of fused-ring (bicyclic) bond motifs is 1. The van der Waals surface area contributed by atoms with Crippen molar-refractivity contribution in [2.45, 2.75) is 39.0 Å². The number of carbonyl (C=O) groups excluding carboxylic acids is 2. The first-order chi connectivity index (χ1) is 14.5. The highest BCUT2D eigenvalue weighted by Crippen LogP contribution is 2.39. The van der Waals surface area contributed by atoms with Crippen LogP contribution in [0.1, 0.15) is 56.2 Å². The van der Waals surface area contributed by atoms with Gasteiger partial charge in [0.05, 0.1) is 17.7 Å². The van der Waals surface area contributed by atoms with E-state index in [2.05, 4.69) is 10.5 Å². The Balaban J connectivity index is 1.73. The lowest BCUT2D eigenvalue weighted by atomic mass is 10.0. The van der Waals surface area contributed by atoms with Crippen molar-refractivity contribution < 1.29 is 18.8 Å². The summed E-state index contributed by atoms with van der Waals surface area (Å²) >= 11 is 7.75. The first-order valence-corrected chi connectivity index (χ1v) is 11.0. The van der Waals surface area contributed by atoms with Gasteiger partial charge in [0.2, 0.25) is 0 Å². The summed E-state index contributed by atoms with van der Waals surface area (Å²) < 4.78 is 10.3. The number of carbonyl (C=O) groups is 2. The van der Waals surface area contributed by atoms with Crippen molar-refractivity contribution in [1.29, 1.82) is 0 Å². The van der Waals surface area contributed by atoms with Crippen LogP contribution in [0.2, 0.25) is 5.02 Å². The zero-order valence-corrected chi connectivity index (χ0v) is 18.3. The molecule has 0 spiro atoms. The molecular formula is C22H21ClN2O4S. The third kappa shape index (κ3) is 3.75. The molecule has 30 heavy (non-hydrogen) atoms. The highest BCUT2D eigenvalue weighted by molar-refractivity contribution is 7.17. The molecule has 156 valence electrons. The fraction of sp³-hybridized carbons (Fsp3) is 0.318. The van der Waals surface area contributed by atoms with Crippen LogP contribution in [-0.2, 0) is 17.6 Å². The molecule has 1 amide bonds. The molecule has 0 aliphatic heterocycles. The molecule has 0 fully saturated rings. The lowest BCUT2D eigenvalue weighted by molar-refractivity contribution is 0.0601. The SMILES string of the molecule is COC(=O)c1c(NC(=O)c2c(-c3ccccc3Cl)noc2C)sc2c1CCCCC2. The maximum Gasteiger partial charge on any atom is 0.341 e. The predicted molar refractivity (Wildman–Crippen MR) is 117 cm³/mol. The van der Waals surface area contributed by atoms with Gasteiger partial charge in [-0.15, -0.1) is 11.3 Å². The maximum absolute atomic E-state index is 13.2. The summed E-state index contributed by atoms with van der Waals surface area (Å²) in [5.74, 6) is -0.455. The number of halogens is 1. The van der Waals surface area contributed by atoms with E-state index in [1.54, 1.807) is 25.1 Å². The van der Waals surface area contributed by atoms with Gasteiger partial charge in [-0.1, -0.05) is 41.4 Å². The van der Waals surface area contributed by atoms with Gasteiger partial charge < -0.3 is 14.6 Å². The van der Waals surface area contributed by atoms with Gasteiger partial charge in [0, 0.05) is 10.4 Å². The molecule has 0 atom stereocenters. The number of hydrogen-bond donors (Lipinski definition) is 1. The monoisotopic (exact) mass is 444 g/mol. The molecule has 1 N–H and O–H groups in total. The van der Waals surface area contributed by atoms with E-state index in [9.17, 15) is 9.59 Å². The number of nitrogens with zero attached hydrogens (tertiary/aromatic N) is 1. The molecule has 6 nitrogen and oxygen atoms in total. The number of nitrogens with one attached hydrogen (secondary N) is 1. The van der Waals surface area contributed by atoms with Crippen LogP contribution < -0.4 is 5.32 Å². The number of esters is 1. The predicted octanol–water partition coefficient (Wildman–Crippen LogP) is 5.67. The van der Waals surface area contributed by atoms with E-state index >= 15 is 0 Å². The van der Waals surface area contributed by atoms with Gasteiger partial charge in [0.15, 0.2) is 0 Å². The minimum atomic E-state index is -0.432. The Kier molecular flexibility index (Phi) is 5.92. The Morgan fingerprint density at radius 1 is 1.17 bits per heavy atom. The zero-order chi connectivity index (χ0) is 21.3. The topological polar surface area (TPSA) is 81.4 Å². The Morgan fingerprint density at radius 2 is 1.93 bits per heavy atom. The average molecular weight is 445 g/mol. The minimum absolute atomic E-state index is 0.294. The van der Waals surface area contributed by atoms with Crippen LogP contribution in [-0.4, -0.2) is 24.1 Å². The molecule has 8 heteroatoms. The van der Waals surface area contributed by atoms with E-state index < -0.39 is 11.9 Å². The number of aryl methyl sites for hydroxylation is 2. The van der Waals surface area contributed by atoms with Gasteiger partial charge in [0.25, 0.3) is 5.91 Å². The van der Waals surface area contributed by atoms with Gasteiger partial charge in [-0.25, -0.2) is 4.79 Å². The number of aromatic nitrogens is 1. The number of ether oxygens (including phenoxy) is 1. The Bertz CT molecular complexity index is 1120. The summed E-state index contributed by atoms with van der Waals surface area (Å²) in [6, 6.07) is 7.14. The summed E-state index contributed by atoms with van der Waals surface area (Å²) in [6.07, 6.45) is 4.93. The largest absolute Gasteiger partial charge is 0.465 e. The van der Waals surface area contributed by atoms with Crippen molar-refractivity contribution in [3.05, 3.63) is 56.6 Å². The lowest BCUT2D eigenvalue weighted by Crippen LogP contribution is -2.16. The zero-order valence-electron chi connectivity index (χ0n) is 16.7. The number of amides is 1. The molecule has 0 bridgehead atoms. The Labute approximate surface area is 183 Å². The van der Waals surface area contributed by atoms with Crippen LogP contribution in [0, 0.1) is 6.92 Å². The van der Waals surface area contributed by atoms with E-state index in [1.165, 1.54) is 18.4 Å². The van der Waals surface area contributed by atoms with Gasteiger partial charge in [-0.3, -0.25) is 4.79 Å². The van der Waals surface area contributed by atoms with Crippen molar-refractivity contribution in [3.8, 4) is 11.3 Å². The van der Waals surface area contributed by atoms with E-state index in [1.807, 2.05) is 6.07 Å². The normalized spacial score (nSPS) is 13.4. The molecule has 0 unspecified atom stereocenters. The lowest BCUT2D eigenvalue weighted by Gasteiger charge is -2.08. The first kappa shape index (κ1) is 20.6. The van der Waals surface area contributed by atoms with Gasteiger partial charge in [-0.05, 0) is 44.2 Å². The Morgan fingerprint density at radius 3 is 2.70 bits per heavy atom. The van der Waals surface area contributed by atoms with Crippen LogP contribution in [0.5, 0.6) is 0 Å². The number of benzene rings is 1. The minimum Gasteiger partial charge on any atom is -0.465 e. The molecule has 1 aliphatic carbocycles. The summed E-state index contributed by atoms with van der Waals surface area (Å²) in [5.41, 5.74) is 2.72. The van der Waals surface area contributed by atoms with Crippen LogP contribution in [0.15, 0.2) is 28.8 Å². The highest BCUT2D eigenvalue weighted by Gasteiger charge is 2.29. The fourth-order valence-corrected chi connectivity index (χ4v) is 5.29. The highest BCUT2D eigenvalue weighted by atomic mass is 35.5. The third-order valence-corrected chi connectivity index (χ3v) is 6.79. The fourth-order valence-electron chi connectivity index (χ4n) is 3.79. The standard InChI is InChI=1S/C22H21ClN2O4S/c1-12-17(19(25-29-12)13-8-6-7-10-15(13)23)20(26)24-21-18(22(27)28-2)14-9-4-3-5-11-16(14)30-21/h6-8,10H,3-5,9,11H2,1-2H3,(H,24,26). The molecule has 1 aromatic carbocycles. The molecule has 0 radical (unpaired) electrons. The number of anilines is 1. The van der Waals surface area contributed by atoms with Crippen molar-refractivity contribution in [1.82, 2.24) is 5.16 Å². The first-order valence-electron chi connectivity index (χ1n) is 9.76. The van der Waals surface area contributed by atoms with Gasteiger partial charge >= 0.3 is 5.97 Å². The van der Waals surface area contributed by atoms with Gasteiger partial charge in [-0.2, -0.15) is 0 Å². The van der Waals surface area contributed by atoms with E-state index in [-0.39, 0.29) is 0 Å². The van der Waals surface area contributed by atoms with Crippen molar-refractivity contribution in [2.24, 2.45) is 0 Å². The number of thiophene rings is 1. The van der Waals surface area contributed by atoms with Crippen molar-refractivity contribution >= 4 is 39.8 Å². The number of methoxy groups -OCH3 is 1. The smallest absolute Gasteiger partial charge is 0.341 e. The second-order valence-electron chi connectivity index (χ2n) is 7.16. The molecule has 2 heterocycles. The Hall–Kier alpha value is -2.64. The molecule has 2 aromatic heterocycles. The van der Waals surface area contributed by atoms with Crippen LogP contribution in [0.4, 0.5) is 5.00 Å². The van der Waals surface area contributed by atoms with Gasteiger partial charge in [0.1, 0.15) is 22.0 Å². The second-order valence-corrected chi connectivity index (χ2v) is 8.67. The quantitative estimate of drug-likeness (QED) is 0.414. The summed E-state index contributed by atoms with van der Waals surface area (Å²) in [4.78, 5) is 26.9. The van der Waals surface area contributed by atoms with Crippen LogP contribution in [0.25, 0.3) is 11.3 Å². The number of rotatable bonds is 4. The summed E-state index contributed by atoms with van der Waals surface area (Å²) in [5, 5.41) is 7.94. The molecule has 3 aromatic rings. The number of hydrogen-bond acceptors (Lipinski definition) is 6. The van der Waals surface area contributed by atoms with E-state index in [0.717, 1.165) is 42.5 Å². The van der Waals surface area contributed by atoms with Crippen LogP contribution in [0.3, 0.4) is 0 Å². The van der Waals surface area contributed by atoms with E-state index in [4.69, 9.17) is 20.9 Å². The molecular weight excluding hydrogens is 424 g/mol. The van der Waals surface area contributed by atoms with Crippen LogP contribution >= 0.6 is 22.9 Å².